The maximum atomic E-state index is 12.7. The minimum absolute atomic E-state index is 0.136. The van der Waals surface area contributed by atoms with Crippen LogP contribution in [0.2, 0.25) is 5.02 Å². The van der Waals surface area contributed by atoms with E-state index in [2.05, 4.69) is 20.4 Å². The summed E-state index contributed by atoms with van der Waals surface area (Å²) in [5, 5.41) is 7.98. The maximum absolute atomic E-state index is 12.7. The summed E-state index contributed by atoms with van der Waals surface area (Å²) in [7, 11) is 0. The highest BCUT2D eigenvalue weighted by Gasteiger charge is 2.17. The van der Waals surface area contributed by atoms with Crippen molar-refractivity contribution in [2.24, 2.45) is 0 Å². The van der Waals surface area contributed by atoms with Gasteiger partial charge in [0.25, 0.3) is 5.91 Å². The average Bonchev–Trinajstić information content (AvgIpc) is 3.16. The second-order valence-corrected chi connectivity index (χ2v) is 7.72. The van der Waals surface area contributed by atoms with Crippen molar-refractivity contribution >= 4 is 44.2 Å². The highest BCUT2D eigenvalue weighted by atomic mass is 35.5. The molecule has 0 aliphatic rings. The molecule has 3 aromatic heterocycles. The summed E-state index contributed by atoms with van der Waals surface area (Å²) in [6.45, 7) is 5.85. The predicted octanol–water partition coefficient (Wildman–Crippen LogP) is 4.71. The number of halogens is 1. The standard InChI is InChI=1S/C19H16ClN5OS/c1-10-4-6-14-15(8-10)27-19(21-14)23-18(26)17-13(20)5-7-16(22-17)25-12(3)9-11(2)24-25/h4-9H,1-3H3,(H,21,23,26). The Morgan fingerprint density at radius 1 is 1.11 bits per heavy atom. The van der Waals surface area contributed by atoms with Crippen LogP contribution in [0.3, 0.4) is 0 Å². The molecule has 27 heavy (non-hydrogen) atoms. The Morgan fingerprint density at radius 2 is 1.93 bits per heavy atom. The molecule has 0 atom stereocenters. The van der Waals surface area contributed by atoms with Gasteiger partial charge in [-0.2, -0.15) is 5.10 Å². The van der Waals surface area contributed by atoms with E-state index in [4.69, 9.17) is 11.6 Å². The monoisotopic (exact) mass is 397 g/mol. The van der Waals surface area contributed by atoms with Crippen molar-refractivity contribution in [1.82, 2.24) is 19.7 Å². The molecule has 1 aromatic carbocycles. The first-order chi connectivity index (χ1) is 12.9. The van der Waals surface area contributed by atoms with E-state index in [1.165, 1.54) is 11.3 Å². The highest BCUT2D eigenvalue weighted by Crippen LogP contribution is 2.27. The summed E-state index contributed by atoms with van der Waals surface area (Å²) < 4.78 is 2.70. The van der Waals surface area contributed by atoms with E-state index < -0.39 is 5.91 Å². The minimum atomic E-state index is -0.404. The zero-order chi connectivity index (χ0) is 19.1. The molecule has 0 spiro atoms. The molecule has 4 aromatic rings. The van der Waals surface area contributed by atoms with E-state index in [0.717, 1.165) is 27.2 Å². The van der Waals surface area contributed by atoms with Crippen molar-refractivity contribution in [3.63, 3.8) is 0 Å². The van der Waals surface area contributed by atoms with Gasteiger partial charge in [-0.1, -0.05) is 29.0 Å². The van der Waals surface area contributed by atoms with Crippen LogP contribution < -0.4 is 5.32 Å². The number of hydrogen-bond acceptors (Lipinski definition) is 5. The smallest absolute Gasteiger partial charge is 0.277 e. The Morgan fingerprint density at radius 3 is 2.67 bits per heavy atom. The third-order valence-electron chi connectivity index (χ3n) is 4.04. The van der Waals surface area contributed by atoms with Gasteiger partial charge < -0.3 is 0 Å². The van der Waals surface area contributed by atoms with Crippen molar-refractivity contribution in [1.29, 1.82) is 0 Å². The Hall–Kier alpha value is -2.77. The van der Waals surface area contributed by atoms with Crippen LogP contribution in [0.1, 0.15) is 27.4 Å². The quantitative estimate of drug-likeness (QED) is 0.543. The number of nitrogens with one attached hydrogen (secondary N) is 1. The number of thiazole rings is 1. The molecule has 8 heteroatoms. The number of rotatable bonds is 3. The molecule has 0 fully saturated rings. The van der Waals surface area contributed by atoms with Crippen molar-refractivity contribution in [3.05, 3.63) is 64.1 Å². The van der Waals surface area contributed by atoms with Gasteiger partial charge in [0.1, 0.15) is 5.69 Å². The lowest BCUT2D eigenvalue weighted by Gasteiger charge is -2.08. The van der Waals surface area contributed by atoms with E-state index in [1.54, 1.807) is 16.8 Å². The molecule has 136 valence electrons. The molecule has 0 saturated carbocycles. The van der Waals surface area contributed by atoms with Crippen LogP contribution in [-0.4, -0.2) is 25.7 Å². The van der Waals surface area contributed by atoms with Gasteiger partial charge in [0, 0.05) is 5.69 Å². The first-order valence-corrected chi connectivity index (χ1v) is 9.49. The molecule has 0 radical (unpaired) electrons. The van der Waals surface area contributed by atoms with E-state index in [1.807, 2.05) is 45.0 Å². The Balaban J connectivity index is 1.66. The first kappa shape index (κ1) is 17.6. The summed E-state index contributed by atoms with van der Waals surface area (Å²) in [5.41, 5.74) is 3.93. The summed E-state index contributed by atoms with van der Waals surface area (Å²) in [6, 6.07) is 11.3. The average molecular weight is 398 g/mol. The molecule has 3 heterocycles. The highest BCUT2D eigenvalue weighted by molar-refractivity contribution is 7.22. The Bertz CT molecular complexity index is 1180. The largest absolute Gasteiger partial charge is 0.296 e. The second-order valence-electron chi connectivity index (χ2n) is 6.28. The number of carbonyl (C=O) groups excluding carboxylic acids is 1. The molecular formula is C19H16ClN5OS. The fraction of sp³-hybridized carbons (Fsp3) is 0.158. The maximum Gasteiger partial charge on any atom is 0.277 e. The third-order valence-corrected chi connectivity index (χ3v) is 5.28. The lowest BCUT2D eigenvalue weighted by molar-refractivity contribution is 0.102. The molecule has 0 saturated heterocycles. The molecule has 1 amide bonds. The van der Waals surface area contributed by atoms with Crippen molar-refractivity contribution < 1.29 is 4.79 Å². The van der Waals surface area contributed by atoms with Crippen LogP contribution in [0.15, 0.2) is 36.4 Å². The van der Waals surface area contributed by atoms with Gasteiger partial charge in [-0.25, -0.2) is 14.6 Å². The first-order valence-electron chi connectivity index (χ1n) is 8.29. The van der Waals surface area contributed by atoms with Gasteiger partial charge >= 0.3 is 0 Å². The molecule has 0 aliphatic heterocycles. The molecule has 0 aliphatic carbocycles. The number of aromatic nitrogens is 4. The van der Waals surface area contributed by atoms with Gasteiger partial charge in [-0.15, -0.1) is 0 Å². The van der Waals surface area contributed by atoms with E-state index in [0.29, 0.717) is 10.9 Å². The van der Waals surface area contributed by atoms with Gasteiger partial charge in [0.15, 0.2) is 10.9 Å². The number of fused-ring (bicyclic) bond motifs is 1. The fourth-order valence-electron chi connectivity index (χ4n) is 2.81. The van der Waals surface area contributed by atoms with E-state index in [-0.39, 0.29) is 10.7 Å². The minimum Gasteiger partial charge on any atom is -0.296 e. The van der Waals surface area contributed by atoms with Crippen LogP contribution in [-0.2, 0) is 0 Å². The van der Waals surface area contributed by atoms with Crippen LogP contribution in [0.5, 0.6) is 0 Å². The van der Waals surface area contributed by atoms with Crippen LogP contribution in [0.4, 0.5) is 5.13 Å². The van der Waals surface area contributed by atoms with Crippen molar-refractivity contribution in [3.8, 4) is 5.82 Å². The molecule has 1 N–H and O–H groups in total. The van der Waals surface area contributed by atoms with Crippen molar-refractivity contribution in [2.75, 3.05) is 5.32 Å². The lowest BCUT2D eigenvalue weighted by Crippen LogP contribution is -2.16. The Labute approximate surface area is 164 Å². The molecule has 4 rings (SSSR count). The summed E-state index contributed by atoms with van der Waals surface area (Å²) in [4.78, 5) is 21.6. The number of aryl methyl sites for hydroxylation is 3. The zero-order valence-electron chi connectivity index (χ0n) is 14.9. The molecular weight excluding hydrogens is 382 g/mol. The van der Waals surface area contributed by atoms with Crippen LogP contribution >= 0.6 is 22.9 Å². The van der Waals surface area contributed by atoms with Crippen LogP contribution in [0, 0.1) is 20.8 Å². The Kier molecular flexibility index (Phi) is 4.41. The molecule has 0 bridgehead atoms. The number of amides is 1. The SMILES string of the molecule is Cc1ccc2nc(NC(=O)c3nc(-n4nc(C)cc4C)ccc3Cl)sc2c1. The van der Waals surface area contributed by atoms with Gasteiger partial charge in [-0.3, -0.25) is 10.1 Å². The normalized spacial score (nSPS) is 11.1. The predicted molar refractivity (Wildman–Crippen MR) is 108 cm³/mol. The molecule has 6 nitrogen and oxygen atoms in total. The number of nitrogens with zero attached hydrogens (tertiary/aromatic N) is 4. The number of carbonyl (C=O) groups is 1. The number of benzene rings is 1. The van der Waals surface area contributed by atoms with E-state index in [9.17, 15) is 4.79 Å². The second kappa shape index (κ2) is 6.75. The van der Waals surface area contributed by atoms with Crippen LogP contribution in [0.25, 0.3) is 16.0 Å². The number of anilines is 1. The van der Waals surface area contributed by atoms with E-state index >= 15 is 0 Å². The molecule has 0 unspecified atom stereocenters. The third kappa shape index (κ3) is 3.43. The summed E-state index contributed by atoms with van der Waals surface area (Å²) in [5.74, 6) is 0.134. The van der Waals surface area contributed by atoms with Gasteiger partial charge in [0.2, 0.25) is 0 Å². The van der Waals surface area contributed by atoms with Crippen molar-refractivity contribution in [2.45, 2.75) is 20.8 Å². The number of pyridine rings is 1. The lowest BCUT2D eigenvalue weighted by atomic mass is 10.2. The van der Waals surface area contributed by atoms with Gasteiger partial charge in [-0.05, 0) is 56.7 Å². The van der Waals surface area contributed by atoms with Gasteiger partial charge in [0.05, 0.1) is 20.9 Å². The zero-order valence-corrected chi connectivity index (χ0v) is 16.5. The number of hydrogen-bond donors (Lipinski definition) is 1. The summed E-state index contributed by atoms with van der Waals surface area (Å²) >= 11 is 7.63. The topological polar surface area (TPSA) is 72.7 Å². The summed E-state index contributed by atoms with van der Waals surface area (Å²) in [6.07, 6.45) is 0. The fourth-order valence-corrected chi connectivity index (χ4v) is 3.96.